The predicted octanol–water partition coefficient (Wildman–Crippen LogP) is 2.65. The quantitative estimate of drug-likeness (QED) is 0.510. The van der Waals surface area contributed by atoms with Crippen molar-refractivity contribution in [2.45, 2.75) is 51.1 Å². The van der Waals surface area contributed by atoms with E-state index in [1.165, 1.54) is 25.0 Å². The van der Waals surface area contributed by atoms with Gasteiger partial charge in [0.1, 0.15) is 0 Å². The van der Waals surface area contributed by atoms with Gasteiger partial charge >= 0.3 is 0 Å². The average Bonchev–Trinajstić information content (AvgIpc) is 2.36. The normalized spacial score (nSPS) is 21.0. The molecular formula is C13H27NO2S. The number of rotatable bonds is 9. The highest BCUT2D eigenvalue weighted by atomic mass is 32.2. The van der Waals surface area contributed by atoms with Gasteiger partial charge in [-0.3, -0.25) is 0 Å². The van der Waals surface area contributed by atoms with Gasteiger partial charge in [-0.05, 0) is 39.0 Å². The van der Waals surface area contributed by atoms with Crippen LogP contribution in [-0.4, -0.2) is 43.6 Å². The molecule has 1 saturated heterocycles. The zero-order chi connectivity index (χ0) is 12.3. The fraction of sp³-hybridized carbons (Fsp3) is 1.00. The highest BCUT2D eigenvalue weighted by molar-refractivity contribution is 7.99. The van der Waals surface area contributed by atoms with Crippen molar-refractivity contribution in [3.05, 3.63) is 0 Å². The minimum absolute atomic E-state index is 0.0310. The first-order chi connectivity index (χ1) is 8.36. The molecule has 4 heteroatoms. The smallest absolute Gasteiger partial charge is 0.158 e. The number of hydrogen-bond donors (Lipinski definition) is 1. The molecule has 0 spiro atoms. The maximum Gasteiger partial charge on any atom is 0.158 e. The lowest BCUT2D eigenvalue weighted by atomic mass is 10.2. The lowest BCUT2D eigenvalue weighted by molar-refractivity contribution is -0.138. The monoisotopic (exact) mass is 261 g/mol. The fourth-order valence-corrected chi connectivity index (χ4v) is 3.31. The van der Waals surface area contributed by atoms with E-state index in [0.29, 0.717) is 0 Å². The van der Waals surface area contributed by atoms with Crippen LogP contribution in [0.1, 0.15) is 39.5 Å². The largest absolute Gasteiger partial charge is 0.353 e. The van der Waals surface area contributed by atoms with Crippen LogP contribution in [0, 0.1) is 0 Å². The molecule has 1 aliphatic rings. The highest BCUT2D eigenvalue weighted by Crippen LogP contribution is 2.24. The molecule has 3 nitrogen and oxygen atoms in total. The number of nitrogens with one attached hydrogen (secondary N) is 1. The summed E-state index contributed by atoms with van der Waals surface area (Å²) in [6, 6.07) is 0. The van der Waals surface area contributed by atoms with E-state index >= 15 is 0 Å². The maximum atomic E-state index is 5.51. The van der Waals surface area contributed by atoms with Crippen LogP contribution in [-0.2, 0) is 9.47 Å². The first-order valence-electron chi connectivity index (χ1n) is 6.92. The Morgan fingerprint density at radius 1 is 1.24 bits per heavy atom. The minimum atomic E-state index is -0.0310. The van der Waals surface area contributed by atoms with Gasteiger partial charge in [-0.2, -0.15) is 11.8 Å². The molecule has 1 fully saturated rings. The van der Waals surface area contributed by atoms with Gasteiger partial charge in [0.25, 0.3) is 0 Å². The Hall–Kier alpha value is 0.230. The summed E-state index contributed by atoms with van der Waals surface area (Å²) in [5, 5.41) is 4.34. The molecule has 0 aromatic heterocycles. The van der Waals surface area contributed by atoms with Gasteiger partial charge in [0.2, 0.25) is 0 Å². The molecule has 1 N–H and O–H groups in total. The van der Waals surface area contributed by atoms with E-state index < -0.39 is 0 Å². The summed E-state index contributed by atoms with van der Waals surface area (Å²) in [6.45, 7) is 7.60. The summed E-state index contributed by atoms with van der Waals surface area (Å²) in [4.78, 5) is 0. The standard InChI is InChI=1S/C13H27NO2S/c1-3-15-13(16-4-2)8-9-14-11-12-7-5-6-10-17-12/h12-14H,3-11H2,1-2H3. The van der Waals surface area contributed by atoms with E-state index in [4.69, 9.17) is 9.47 Å². The molecular weight excluding hydrogens is 234 g/mol. The van der Waals surface area contributed by atoms with Gasteiger partial charge in [0.15, 0.2) is 6.29 Å². The van der Waals surface area contributed by atoms with Crippen LogP contribution in [0.3, 0.4) is 0 Å². The van der Waals surface area contributed by atoms with E-state index in [2.05, 4.69) is 17.1 Å². The minimum Gasteiger partial charge on any atom is -0.353 e. The van der Waals surface area contributed by atoms with E-state index in [1.807, 2.05) is 13.8 Å². The van der Waals surface area contributed by atoms with Crippen LogP contribution in [0.5, 0.6) is 0 Å². The van der Waals surface area contributed by atoms with Crippen LogP contribution >= 0.6 is 11.8 Å². The number of ether oxygens (including phenoxy) is 2. The Morgan fingerprint density at radius 3 is 2.59 bits per heavy atom. The molecule has 1 rings (SSSR count). The molecule has 0 aromatic rings. The maximum absolute atomic E-state index is 5.51. The van der Waals surface area contributed by atoms with Gasteiger partial charge in [0, 0.05) is 31.4 Å². The van der Waals surface area contributed by atoms with E-state index in [9.17, 15) is 0 Å². The number of thioether (sulfide) groups is 1. The summed E-state index contributed by atoms with van der Waals surface area (Å²) >= 11 is 2.12. The molecule has 0 amide bonds. The predicted molar refractivity (Wildman–Crippen MR) is 74.6 cm³/mol. The average molecular weight is 261 g/mol. The van der Waals surface area contributed by atoms with E-state index in [-0.39, 0.29) is 6.29 Å². The third-order valence-electron chi connectivity index (χ3n) is 2.91. The molecule has 17 heavy (non-hydrogen) atoms. The second-order valence-corrected chi connectivity index (χ2v) is 5.73. The Balaban J connectivity index is 2.00. The Morgan fingerprint density at radius 2 is 2.00 bits per heavy atom. The summed E-state index contributed by atoms with van der Waals surface area (Å²) in [6.07, 6.45) is 5.09. The summed E-state index contributed by atoms with van der Waals surface area (Å²) < 4.78 is 11.0. The van der Waals surface area contributed by atoms with Gasteiger partial charge in [0.05, 0.1) is 0 Å². The van der Waals surface area contributed by atoms with Gasteiger partial charge in [-0.15, -0.1) is 0 Å². The first kappa shape index (κ1) is 15.3. The van der Waals surface area contributed by atoms with Gasteiger partial charge in [-0.25, -0.2) is 0 Å². The highest BCUT2D eigenvalue weighted by Gasteiger charge is 2.13. The molecule has 1 aliphatic heterocycles. The van der Waals surface area contributed by atoms with Crippen molar-refractivity contribution in [1.29, 1.82) is 0 Å². The van der Waals surface area contributed by atoms with Crippen LogP contribution in [0.25, 0.3) is 0 Å². The Labute approximate surface area is 110 Å². The van der Waals surface area contributed by atoms with Crippen molar-refractivity contribution in [3.8, 4) is 0 Å². The van der Waals surface area contributed by atoms with Crippen molar-refractivity contribution >= 4 is 11.8 Å². The summed E-state index contributed by atoms with van der Waals surface area (Å²) in [5.74, 6) is 1.34. The van der Waals surface area contributed by atoms with Crippen molar-refractivity contribution in [3.63, 3.8) is 0 Å². The zero-order valence-corrected chi connectivity index (χ0v) is 12.1. The van der Waals surface area contributed by atoms with E-state index in [1.54, 1.807) is 0 Å². The van der Waals surface area contributed by atoms with Gasteiger partial charge in [-0.1, -0.05) is 6.42 Å². The molecule has 1 atom stereocenters. The SMILES string of the molecule is CCOC(CCNCC1CCCCS1)OCC. The zero-order valence-electron chi connectivity index (χ0n) is 11.2. The molecule has 0 aliphatic carbocycles. The van der Waals surface area contributed by atoms with Crippen LogP contribution in [0.4, 0.5) is 0 Å². The van der Waals surface area contributed by atoms with Crippen LogP contribution in [0.2, 0.25) is 0 Å². The summed E-state index contributed by atoms with van der Waals surface area (Å²) in [5.41, 5.74) is 0. The Kier molecular flexibility index (Phi) is 9.16. The molecule has 0 saturated carbocycles. The van der Waals surface area contributed by atoms with Crippen molar-refractivity contribution < 1.29 is 9.47 Å². The topological polar surface area (TPSA) is 30.5 Å². The van der Waals surface area contributed by atoms with Gasteiger partial charge < -0.3 is 14.8 Å². The van der Waals surface area contributed by atoms with Crippen LogP contribution < -0.4 is 5.32 Å². The fourth-order valence-electron chi connectivity index (χ4n) is 2.04. The van der Waals surface area contributed by atoms with Crippen molar-refractivity contribution in [2.75, 3.05) is 32.1 Å². The van der Waals surface area contributed by atoms with Crippen LogP contribution in [0.15, 0.2) is 0 Å². The molecule has 0 bridgehead atoms. The number of hydrogen-bond acceptors (Lipinski definition) is 4. The second-order valence-electron chi connectivity index (χ2n) is 4.32. The van der Waals surface area contributed by atoms with E-state index in [0.717, 1.165) is 38.0 Å². The lowest BCUT2D eigenvalue weighted by Gasteiger charge is -2.22. The molecule has 102 valence electrons. The molecule has 0 aromatic carbocycles. The summed E-state index contributed by atoms with van der Waals surface area (Å²) in [7, 11) is 0. The Bertz CT molecular complexity index is 169. The third-order valence-corrected chi connectivity index (χ3v) is 4.31. The second kappa shape index (κ2) is 10.2. The third kappa shape index (κ3) is 7.29. The molecule has 1 heterocycles. The van der Waals surface area contributed by atoms with Crippen molar-refractivity contribution in [2.24, 2.45) is 0 Å². The molecule has 0 radical (unpaired) electrons. The lowest BCUT2D eigenvalue weighted by Crippen LogP contribution is -2.30. The first-order valence-corrected chi connectivity index (χ1v) is 7.97. The molecule has 1 unspecified atom stereocenters. The van der Waals surface area contributed by atoms with Crippen molar-refractivity contribution in [1.82, 2.24) is 5.32 Å².